The first-order valence-electron chi connectivity index (χ1n) is 8.52. The Morgan fingerprint density at radius 1 is 1.15 bits per heavy atom. The Labute approximate surface area is 152 Å². The standard InChI is InChI=1S/C20H22FNO4/c1-25-16-10-5-11-17(26-2)18(16)19(13-7-3-4-8-14(13)21)22-12-6-9-15(22)20(23)24/h3-5,7-8,10-11,15,19H,6,9,12H2,1-2H3,(H,23,24). The lowest BCUT2D eigenvalue weighted by atomic mass is 9.94. The van der Waals surface area contributed by atoms with Crippen molar-refractivity contribution in [2.24, 2.45) is 0 Å². The smallest absolute Gasteiger partial charge is 0.320 e. The molecule has 2 atom stereocenters. The Morgan fingerprint density at radius 3 is 2.38 bits per heavy atom. The largest absolute Gasteiger partial charge is 0.496 e. The minimum absolute atomic E-state index is 0.388. The molecule has 138 valence electrons. The third-order valence-corrected chi connectivity index (χ3v) is 4.85. The maximum Gasteiger partial charge on any atom is 0.320 e. The van der Waals surface area contributed by atoms with E-state index in [1.165, 1.54) is 20.3 Å². The van der Waals surface area contributed by atoms with Crippen molar-refractivity contribution in [3.8, 4) is 11.5 Å². The molecule has 1 aliphatic rings. The van der Waals surface area contributed by atoms with Gasteiger partial charge in [-0.05, 0) is 31.0 Å². The number of nitrogens with zero attached hydrogens (tertiary/aromatic N) is 1. The van der Waals surface area contributed by atoms with E-state index in [1.54, 1.807) is 36.4 Å². The Bertz CT molecular complexity index is 773. The highest BCUT2D eigenvalue weighted by Gasteiger charge is 2.40. The molecule has 3 rings (SSSR count). The van der Waals surface area contributed by atoms with Crippen LogP contribution in [0.15, 0.2) is 42.5 Å². The number of rotatable bonds is 6. The number of ether oxygens (including phenoxy) is 2. The molecular weight excluding hydrogens is 337 g/mol. The first-order chi connectivity index (χ1) is 12.6. The summed E-state index contributed by atoms with van der Waals surface area (Å²) in [5, 5.41) is 9.65. The fourth-order valence-electron chi connectivity index (χ4n) is 3.71. The lowest BCUT2D eigenvalue weighted by Gasteiger charge is -2.33. The number of carboxylic acid groups (broad SMARTS) is 1. The molecule has 1 N–H and O–H groups in total. The third-order valence-electron chi connectivity index (χ3n) is 4.85. The van der Waals surface area contributed by atoms with Gasteiger partial charge in [0.05, 0.1) is 25.8 Å². The zero-order valence-electron chi connectivity index (χ0n) is 14.8. The van der Waals surface area contributed by atoms with Gasteiger partial charge in [-0.25, -0.2) is 4.39 Å². The summed E-state index contributed by atoms with van der Waals surface area (Å²) in [7, 11) is 3.07. The van der Waals surface area contributed by atoms with Crippen molar-refractivity contribution >= 4 is 5.97 Å². The van der Waals surface area contributed by atoms with Gasteiger partial charge >= 0.3 is 5.97 Å². The molecule has 1 aliphatic heterocycles. The van der Waals surface area contributed by atoms with Crippen molar-refractivity contribution in [3.05, 3.63) is 59.4 Å². The van der Waals surface area contributed by atoms with E-state index in [-0.39, 0.29) is 5.82 Å². The Hall–Kier alpha value is -2.60. The summed E-state index contributed by atoms with van der Waals surface area (Å²) in [6, 6.07) is 10.5. The van der Waals surface area contributed by atoms with Crippen LogP contribution in [0, 0.1) is 5.82 Å². The van der Waals surface area contributed by atoms with Gasteiger partial charge < -0.3 is 14.6 Å². The van der Waals surface area contributed by atoms with E-state index in [1.807, 2.05) is 4.90 Å². The predicted molar refractivity (Wildman–Crippen MR) is 95.2 cm³/mol. The highest BCUT2D eigenvalue weighted by atomic mass is 19.1. The van der Waals surface area contributed by atoms with Crippen LogP contribution >= 0.6 is 0 Å². The van der Waals surface area contributed by atoms with E-state index in [0.29, 0.717) is 35.6 Å². The number of benzene rings is 2. The molecule has 1 heterocycles. The van der Waals surface area contributed by atoms with Gasteiger partial charge in [0.2, 0.25) is 0 Å². The Kier molecular flexibility index (Phi) is 5.42. The molecule has 6 heteroatoms. The van der Waals surface area contributed by atoms with Crippen LogP contribution in [0.3, 0.4) is 0 Å². The summed E-state index contributed by atoms with van der Waals surface area (Å²) in [6.45, 7) is 0.553. The van der Waals surface area contributed by atoms with E-state index in [2.05, 4.69) is 0 Å². The van der Waals surface area contributed by atoms with E-state index in [4.69, 9.17) is 9.47 Å². The normalized spacial score (nSPS) is 18.5. The first-order valence-corrected chi connectivity index (χ1v) is 8.52. The molecule has 1 fully saturated rings. The molecule has 0 amide bonds. The topological polar surface area (TPSA) is 59.0 Å². The highest BCUT2D eigenvalue weighted by Crippen LogP contribution is 2.44. The summed E-state index contributed by atoms with van der Waals surface area (Å²) < 4.78 is 25.7. The number of halogens is 1. The number of methoxy groups -OCH3 is 2. The number of hydrogen-bond acceptors (Lipinski definition) is 4. The minimum Gasteiger partial charge on any atom is -0.496 e. The summed E-state index contributed by atoms with van der Waals surface area (Å²) in [5.41, 5.74) is 1.04. The summed E-state index contributed by atoms with van der Waals surface area (Å²) >= 11 is 0. The van der Waals surface area contributed by atoms with Crippen LogP contribution in [-0.2, 0) is 4.79 Å². The number of carboxylic acids is 1. The number of carbonyl (C=O) groups is 1. The molecule has 26 heavy (non-hydrogen) atoms. The molecule has 0 bridgehead atoms. The SMILES string of the molecule is COc1cccc(OC)c1C(c1ccccc1F)N1CCCC1C(=O)O. The van der Waals surface area contributed by atoms with Crippen molar-refractivity contribution in [3.63, 3.8) is 0 Å². The van der Waals surface area contributed by atoms with Crippen molar-refractivity contribution in [2.45, 2.75) is 24.9 Å². The molecule has 0 aromatic heterocycles. The predicted octanol–water partition coefficient (Wildman–Crippen LogP) is 3.48. The van der Waals surface area contributed by atoms with Crippen molar-refractivity contribution in [2.75, 3.05) is 20.8 Å². The Balaban J connectivity index is 2.23. The van der Waals surface area contributed by atoms with Gasteiger partial charge in [-0.2, -0.15) is 0 Å². The van der Waals surface area contributed by atoms with E-state index >= 15 is 0 Å². The van der Waals surface area contributed by atoms with Crippen LogP contribution in [0.5, 0.6) is 11.5 Å². The molecule has 2 aromatic rings. The van der Waals surface area contributed by atoms with Gasteiger partial charge in [0.15, 0.2) is 0 Å². The zero-order valence-corrected chi connectivity index (χ0v) is 14.8. The average Bonchev–Trinajstić information content (AvgIpc) is 3.13. The van der Waals surface area contributed by atoms with Crippen molar-refractivity contribution in [1.29, 1.82) is 0 Å². The van der Waals surface area contributed by atoms with Crippen LogP contribution in [-0.4, -0.2) is 42.8 Å². The second-order valence-electron chi connectivity index (χ2n) is 6.23. The second-order valence-corrected chi connectivity index (χ2v) is 6.23. The van der Waals surface area contributed by atoms with Gasteiger partial charge in [0.1, 0.15) is 23.4 Å². The molecule has 2 unspecified atom stereocenters. The summed E-state index contributed by atoms with van der Waals surface area (Å²) in [6.07, 6.45) is 1.26. The van der Waals surface area contributed by atoms with Gasteiger partial charge in [-0.3, -0.25) is 9.69 Å². The molecular formula is C20H22FNO4. The van der Waals surface area contributed by atoms with Crippen molar-refractivity contribution < 1.29 is 23.8 Å². The van der Waals surface area contributed by atoms with Crippen molar-refractivity contribution in [1.82, 2.24) is 4.90 Å². The Morgan fingerprint density at radius 2 is 1.81 bits per heavy atom. The van der Waals surface area contributed by atoms with E-state index in [9.17, 15) is 14.3 Å². The lowest BCUT2D eigenvalue weighted by Crippen LogP contribution is -2.39. The van der Waals surface area contributed by atoms with Crippen LogP contribution in [0.1, 0.15) is 30.0 Å². The minimum atomic E-state index is -0.905. The summed E-state index contributed by atoms with van der Waals surface area (Å²) in [4.78, 5) is 13.6. The number of aliphatic carboxylic acids is 1. The third kappa shape index (κ3) is 3.24. The van der Waals surface area contributed by atoms with Gasteiger partial charge in [0.25, 0.3) is 0 Å². The van der Waals surface area contributed by atoms with Gasteiger partial charge in [0, 0.05) is 12.1 Å². The van der Waals surface area contributed by atoms with Gasteiger partial charge in [-0.15, -0.1) is 0 Å². The van der Waals surface area contributed by atoms with E-state index < -0.39 is 18.1 Å². The number of likely N-dealkylation sites (tertiary alicyclic amines) is 1. The first kappa shape index (κ1) is 18.2. The second kappa shape index (κ2) is 7.74. The molecule has 1 saturated heterocycles. The molecule has 0 spiro atoms. The monoisotopic (exact) mass is 359 g/mol. The van der Waals surface area contributed by atoms with Crippen LogP contribution in [0.4, 0.5) is 4.39 Å². The maximum absolute atomic E-state index is 14.7. The number of hydrogen-bond donors (Lipinski definition) is 1. The molecule has 0 aliphatic carbocycles. The molecule has 0 saturated carbocycles. The van der Waals surface area contributed by atoms with Crippen LogP contribution < -0.4 is 9.47 Å². The maximum atomic E-state index is 14.7. The lowest BCUT2D eigenvalue weighted by molar-refractivity contribution is -0.142. The highest BCUT2D eigenvalue weighted by molar-refractivity contribution is 5.74. The quantitative estimate of drug-likeness (QED) is 0.856. The van der Waals surface area contributed by atoms with Gasteiger partial charge in [-0.1, -0.05) is 24.3 Å². The fraction of sp³-hybridized carbons (Fsp3) is 0.350. The van der Waals surface area contributed by atoms with Crippen LogP contribution in [0.25, 0.3) is 0 Å². The molecule has 5 nitrogen and oxygen atoms in total. The molecule has 0 radical (unpaired) electrons. The summed E-state index contributed by atoms with van der Waals surface area (Å²) in [5.74, 6) is -0.221. The average molecular weight is 359 g/mol. The van der Waals surface area contributed by atoms with Crippen LogP contribution in [0.2, 0.25) is 0 Å². The fourth-order valence-corrected chi connectivity index (χ4v) is 3.71. The molecule has 2 aromatic carbocycles. The van der Waals surface area contributed by atoms with E-state index in [0.717, 1.165) is 6.42 Å². The zero-order chi connectivity index (χ0) is 18.7.